The first-order chi connectivity index (χ1) is 11.9. The van der Waals surface area contributed by atoms with Crippen LogP contribution in [-0.2, 0) is 4.79 Å². The van der Waals surface area contributed by atoms with E-state index in [-0.39, 0.29) is 5.91 Å². The number of nitrogens with zero attached hydrogens (tertiary/aromatic N) is 4. The van der Waals surface area contributed by atoms with Crippen LogP contribution in [-0.4, -0.2) is 31.3 Å². The minimum atomic E-state index is -0.746. The summed E-state index contributed by atoms with van der Waals surface area (Å²) in [5.41, 5.74) is -0.258. The van der Waals surface area contributed by atoms with Gasteiger partial charge in [0.2, 0.25) is 5.91 Å². The minimum Gasteiger partial charge on any atom is -0.337 e. The molecule has 1 atom stereocenters. The molecule has 1 amide bonds. The van der Waals surface area contributed by atoms with Crippen LogP contribution in [0, 0.1) is 11.3 Å². The summed E-state index contributed by atoms with van der Waals surface area (Å²) in [5, 5.41) is 21.5. The minimum absolute atomic E-state index is 0.182. The third-order valence-electron chi connectivity index (χ3n) is 4.33. The Morgan fingerprint density at radius 3 is 2.80 bits per heavy atom. The Morgan fingerprint density at radius 2 is 2.12 bits per heavy atom. The molecule has 2 aromatic rings. The number of fused-ring (bicyclic) bond motifs is 1. The van der Waals surface area contributed by atoms with Crippen molar-refractivity contribution in [2.24, 2.45) is 0 Å². The largest absolute Gasteiger partial charge is 0.337 e. The summed E-state index contributed by atoms with van der Waals surface area (Å²) >= 11 is 13.4. The second kappa shape index (κ2) is 7.40. The molecular weight excluding hydrogens is 381 g/mol. The molecule has 132 valence electrons. The van der Waals surface area contributed by atoms with E-state index in [4.69, 9.17) is 23.2 Å². The third-order valence-corrected chi connectivity index (χ3v) is 5.87. The smallest absolute Gasteiger partial charge is 0.234 e. The lowest BCUT2D eigenvalue weighted by Crippen LogP contribution is -2.50. The molecule has 1 N–H and O–H groups in total. The molecule has 1 unspecified atom stereocenters. The second-order valence-corrected chi connectivity index (χ2v) is 8.34. The van der Waals surface area contributed by atoms with Crippen molar-refractivity contribution in [1.29, 1.82) is 5.26 Å². The van der Waals surface area contributed by atoms with E-state index < -0.39 is 10.8 Å². The number of nitriles is 1. The van der Waals surface area contributed by atoms with Gasteiger partial charge in [-0.15, -0.1) is 10.2 Å². The molecule has 0 aromatic carbocycles. The summed E-state index contributed by atoms with van der Waals surface area (Å²) in [6.45, 7) is 1.78. The Morgan fingerprint density at radius 1 is 1.40 bits per heavy atom. The molecule has 0 spiro atoms. The zero-order chi connectivity index (χ0) is 18.0. The number of rotatable bonds is 4. The quantitative estimate of drug-likeness (QED) is 0.791. The summed E-state index contributed by atoms with van der Waals surface area (Å²) < 4.78 is 1.67. The van der Waals surface area contributed by atoms with Crippen molar-refractivity contribution in [3.8, 4) is 6.07 Å². The van der Waals surface area contributed by atoms with Gasteiger partial charge in [0.25, 0.3) is 0 Å². The van der Waals surface area contributed by atoms with Crippen LogP contribution in [0.1, 0.15) is 39.0 Å². The summed E-state index contributed by atoms with van der Waals surface area (Å²) in [5.74, 6) is -0.182. The van der Waals surface area contributed by atoms with Crippen molar-refractivity contribution in [2.75, 3.05) is 0 Å². The fourth-order valence-electron chi connectivity index (χ4n) is 2.95. The van der Waals surface area contributed by atoms with E-state index in [1.165, 1.54) is 11.8 Å². The predicted octanol–water partition coefficient (Wildman–Crippen LogP) is 3.86. The molecule has 25 heavy (non-hydrogen) atoms. The van der Waals surface area contributed by atoms with E-state index >= 15 is 0 Å². The van der Waals surface area contributed by atoms with Crippen molar-refractivity contribution in [3.05, 3.63) is 22.3 Å². The van der Waals surface area contributed by atoms with Gasteiger partial charge in [-0.05, 0) is 25.8 Å². The van der Waals surface area contributed by atoms with E-state index in [1.54, 1.807) is 23.6 Å². The molecular formula is C16H17Cl2N5OS. The van der Waals surface area contributed by atoms with E-state index in [0.717, 1.165) is 19.3 Å². The highest BCUT2D eigenvalue weighted by molar-refractivity contribution is 8.00. The number of hydrogen-bond acceptors (Lipinski definition) is 5. The van der Waals surface area contributed by atoms with Gasteiger partial charge in [-0.2, -0.15) is 5.26 Å². The highest BCUT2D eigenvalue weighted by Crippen LogP contribution is 2.30. The van der Waals surface area contributed by atoms with Gasteiger partial charge in [0.05, 0.1) is 21.4 Å². The SMILES string of the molecule is CC(Sc1nnc2c(Cl)cc(Cl)cn12)C(=O)NC1(C#N)CCCCC1. The Kier molecular flexibility index (Phi) is 5.42. The van der Waals surface area contributed by atoms with Crippen LogP contribution >= 0.6 is 35.0 Å². The van der Waals surface area contributed by atoms with E-state index in [9.17, 15) is 10.1 Å². The average molecular weight is 398 g/mol. The van der Waals surface area contributed by atoms with Crippen molar-refractivity contribution in [2.45, 2.75) is 55.0 Å². The number of halogens is 2. The first-order valence-electron chi connectivity index (χ1n) is 8.04. The number of aromatic nitrogens is 3. The fourth-order valence-corrected chi connectivity index (χ4v) is 4.28. The summed E-state index contributed by atoms with van der Waals surface area (Å²) in [4.78, 5) is 12.6. The number of hydrogen-bond donors (Lipinski definition) is 1. The number of carbonyl (C=O) groups excluding carboxylic acids is 1. The monoisotopic (exact) mass is 397 g/mol. The van der Waals surface area contributed by atoms with Crippen LogP contribution in [0.15, 0.2) is 17.4 Å². The van der Waals surface area contributed by atoms with Crippen molar-refractivity contribution in [1.82, 2.24) is 19.9 Å². The Balaban J connectivity index is 1.75. The van der Waals surface area contributed by atoms with E-state index in [2.05, 4.69) is 21.6 Å². The molecule has 2 aromatic heterocycles. The summed E-state index contributed by atoms with van der Waals surface area (Å²) in [7, 11) is 0. The summed E-state index contributed by atoms with van der Waals surface area (Å²) in [6.07, 6.45) is 6.09. The normalized spacial score (nSPS) is 17.8. The Hall–Kier alpha value is -1.49. The third kappa shape index (κ3) is 3.86. The van der Waals surface area contributed by atoms with Crippen LogP contribution in [0.3, 0.4) is 0 Å². The van der Waals surface area contributed by atoms with Gasteiger partial charge in [-0.1, -0.05) is 54.2 Å². The number of nitrogens with one attached hydrogen (secondary N) is 1. The highest BCUT2D eigenvalue weighted by atomic mass is 35.5. The van der Waals surface area contributed by atoms with Gasteiger partial charge in [-0.25, -0.2) is 0 Å². The van der Waals surface area contributed by atoms with Crippen LogP contribution in [0.2, 0.25) is 10.0 Å². The molecule has 0 bridgehead atoms. The molecule has 2 heterocycles. The standard InChI is InChI=1S/C16H17Cl2N5OS/c1-10(14(24)20-16(9-19)5-3-2-4-6-16)25-15-22-21-13-12(18)7-11(17)8-23(13)15/h7-8,10H,2-6H2,1H3,(H,20,24). The van der Waals surface area contributed by atoms with Gasteiger partial charge >= 0.3 is 0 Å². The zero-order valence-corrected chi connectivity index (χ0v) is 16.0. The van der Waals surface area contributed by atoms with E-state index in [1.807, 2.05) is 0 Å². The Labute approximate surface area is 159 Å². The van der Waals surface area contributed by atoms with Crippen LogP contribution in [0.4, 0.5) is 0 Å². The van der Waals surface area contributed by atoms with E-state index in [0.29, 0.717) is 33.7 Å². The highest BCUT2D eigenvalue weighted by Gasteiger charge is 2.35. The average Bonchev–Trinajstić information content (AvgIpc) is 2.98. The van der Waals surface area contributed by atoms with Gasteiger partial charge in [-0.3, -0.25) is 9.20 Å². The molecule has 1 aliphatic carbocycles. The maximum Gasteiger partial charge on any atom is 0.234 e. The molecule has 0 radical (unpaired) electrons. The predicted molar refractivity (Wildman–Crippen MR) is 97.9 cm³/mol. The lowest BCUT2D eigenvalue weighted by Gasteiger charge is -2.32. The lowest BCUT2D eigenvalue weighted by molar-refractivity contribution is -0.121. The molecule has 3 rings (SSSR count). The van der Waals surface area contributed by atoms with Crippen molar-refractivity contribution >= 4 is 46.5 Å². The second-order valence-electron chi connectivity index (χ2n) is 6.19. The van der Waals surface area contributed by atoms with Crippen molar-refractivity contribution in [3.63, 3.8) is 0 Å². The number of carbonyl (C=O) groups is 1. The molecule has 0 aliphatic heterocycles. The molecule has 1 fully saturated rings. The summed E-state index contributed by atoms with van der Waals surface area (Å²) in [6, 6.07) is 3.89. The molecule has 6 nitrogen and oxygen atoms in total. The number of thioether (sulfide) groups is 1. The first kappa shape index (κ1) is 18.3. The maximum absolute atomic E-state index is 12.6. The molecule has 1 saturated carbocycles. The van der Waals surface area contributed by atoms with Gasteiger partial charge < -0.3 is 5.32 Å². The number of amides is 1. The maximum atomic E-state index is 12.6. The Bertz CT molecular complexity index is 841. The number of pyridine rings is 1. The van der Waals surface area contributed by atoms with Crippen LogP contribution in [0.25, 0.3) is 5.65 Å². The van der Waals surface area contributed by atoms with Gasteiger partial charge in [0.15, 0.2) is 10.8 Å². The molecule has 0 saturated heterocycles. The van der Waals surface area contributed by atoms with Gasteiger partial charge in [0, 0.05) is 6.20 Å². The topological polar surface area (TPSA) is 83.1 Å². The van der Waals surface area contributed by atoms with Crippen molar-refractivity contribution < 1.29 is 4.79 Å². The lowest BCUT2D eigenvalue weighted by atomic mass is 9.83. The van der Waals surface area contributed by atoms with Crippen LogP contribution < -0.4 is 5.32 Å². The fraction of sp³-hybridized carbons (Fsp3) is 0.500. The molecule has 1 aliphatic rings. The zero-order valence-electron chi connectivity index (χ0n) is 13.6. The molecule has 9 heteroatoms. The van der Waals surface area contributed by atoms with Gasteiger partial charge in [0.1, 0.15) is 5.54 Å². The van der Waals surface area contributed by atoms with Crippen LogP contribution in [0.5, 0.6) is 0 Å². The first-order valence-corrected chi connectivity index (χ1v) is 9.67.